The molecular formula is C48H73N3O10. The molecule has 0 aromatic heterocycles. The molecule has 0 radical (unpaired) electrons. The SMILES string of the molecule is COCCOC(=O)N1C(=O)[C@@]2(C3CC(C#CC4CCC(OC)CC4)CCC31)[C@H](C1CCCCC1OCCO)N1[C@H](C3CCCCC3)[C@H](C3CCCCC3)OC(=O)[C@H]1[C@@H]2C(N)=O. The number of rotatable bonds is 11. The lowest BCUT2D eigenvalue weighted by atomic mass is 9.55. The van der Waals surface area contributed by atoms with E-state index < -0.39 is 59.3 Å². The summed E-state index contributed by atoms with van der Waals surface area (Å²) in [7, 11) is 3.30. The number of carbonyl (C=O) groups excluding carboxylic acids is 4. The molecule has 5 unspecified atom stereocenters. The van der Waals surface area contributed by atoms with Crippen LogP contribution >= 0.6 is 0 Å². The van der Waals surface area contributed by atoms with Gasteiger partial charge in [-0.15, -0.1) is 0 Å². The van der Waals surface area contributed by atoms with E-state index in [9.17, 15) is 14.7 Å². The molecule has 1 spiro atoms. The van der Waals surface area contributed by atoms with Gasteiger partial charge in [0.05, 0.1) is 49.4 Å². The molecule has 13 heteroatoms. The largest absolute Gasteiger partial charge is 0.459 e. The van der Waals surface area contributed by atoms with Gasteiger partial charge in [-0.3, -0.25) is 19.3 Å². The third kappa shape index (κ3) is 8.51. The Morgan fingerprint density at radius 2 is 1.46 bits per heavy atom. The Morgan fingerprint density at radius 3 is 2.13 bits per heavy atom. The van der Waals surface area contributed by atoms with Crippen LogP contribution in [0.25, 0.3) is 0 Å². The molecule has 3 heterocycles. The van der Waals surface area contributed by atoms with Gasteiger partial charge in [-0.2, -0.15) is 0 Å². The van der Waals surface area contributed by atoms with Crippen LogP contribution < -0.4 is 5.73 Å². The van der Waals surface area contributed by atoms with E-state index in [1.165, 1.54) is 12.0 Å². The number of fused-ring (bicyclic) bond motifs is 3. The molecule has 0 aromatic carbocycles. The first-order valence-corrected chi connectivity index (χ1v) is 24.3. The second-order valence-corrected chi connectivity index (χ2v) is 19.9. The van der Waals surface area contributed by atoms with E-state index in [-0.39, 0.29) is 80.4 Å². The summed E-state index contributed by atoms with van der Waals surface area (Å²) >= 11 is 0. The monoisotopic (exact) mass is 852 g/mol. The molecule has 3 aliphatic heterocycles. The standard InChI is InChI=1S/C48H73N3O10/c1-57-27-28-60-47(56)50-37-24-21-31(18-17-30-19-22-34(58-2)23-20-30)29-36(37)48(46(50)55)39(44(49)53)41-45(54)61-42(33-13-7-4-8-14-33)40(32-11-5-3-6-12-32)51(41)43(48)35-15-9-10-16-38(35)59-26-25-52/h30-43,52H,3-16,19-29H2,1-2H3,(H2,49,53)/t30?,31?,34?,35?,36?,37?,38?,39-,40-,41-,42+,43+,48-/m1/s1. The number of ether oxygens (including phenoxy) is 5. The van der Waals surface area contributed by atoms with Gasteiger partial charge in [0.2, 0.25) is 11.8 Å². The van der Waals surface area contributed by atoms with Crippen molar-refractivity contribution in [2.45, 2.75) is 177 Å². The van der Waals surface area contributed by atoms with Crippen LogP contribution in [0.1, 0.15) is 135 Å². The fourth-order valence-electron chi connectivity index (χ4n) is 14.3. The summed E-state index contributed by atoms with van der Waals surface area (Å²) in [4.78, 5) is 64.1. The van der Waals surface area contributed by atoms with Crippen molar-refractivity contribution in [1.29, 1.82) is 0 Å². The van der Waals surface area contributed by atoms with Gasteiger partial charge in [0.15, 0.2) is 0 Å². The molecule has 11 atom stereocenters. The molecule has 8 rings (SSSR count). The number of nitrogens with two attached hydrogens (primary N) is 1. The van der Waals surface area contributed by atoms with Crippen molar-refractivity contribution in [2.75, 3.05) is 40.6 Å². The second-order valence-electron chi connectivity index (χ2n) is 19.9. The van der Waals surface area contributed by atoms with E-state index in [0.29, 0.717) is 25.7 Å². The van der Waals surface area contributed by atoms with Gasteiger partial charge in [-0.05, 0) is 101 Å². The molecule has 3 N–H and O–H groups in total. The minimum Gasteiger partial charge on any atom is -0.459 e. The van der Waals surface area contributed by atoms with Crippen molar-refractivity contribution >= 4 is 23.9 Å². The van der Waals surface area contributed by atoms with Crippen molar-refractivity contribution < 1.29 is 48.0 Å². The highest BCUT2D eigenvalue weighted by Gasteiger charge is 2.80. The number of hydrogen-bond donors (Lipinski definition) is 2. The number of carbonyl (C=O) groups is 4. The Bertz CT molecular complexity index is 1610. The zero-order valence-corrected chi connectivity index (χ0v) is 36.9. The third-order valence-corrected chi connectivity index (χ3v) is 16.8. The number of methoxy groups -OCH3 is 2. The highest BCUT2D eigenvalue weighted by molar-refractivity contribution is 6.04. The first-order chi connectivity index (χ1) is 29.7. The Hall–Kier alpha value is -2.76. The van der Waals surface area contributed by atoms with Crippen LogP contribution in [0.3, 0.4) is 0 Å². The fraction of sp³-hybridized carbons (Fsp3) is 0.875. The lowest BCUT2D eigenvalue weighted by Gasteiger charge is -2.54. The molecule has 3 amide bonds. The first kappa shape index (κ1) is 44.8. The van der Waals surface area contributed by atoms with Crippen molar-refractivity contribution in [2.24, 2.45) is 52.6 Å². The maximum absolute atomic E-state index is 16.2. The van der Waals surface area contributed by atoms with Crippen LogP contribution in [0, 0.1) is 58.7 Å². The lowest BCUT2D eigenvalue weighted by molar-refractivity contribution is -0.192. The van der Waals surface area contributed by atoms with Gasteiger partial charge in [0, 0.05) is 44.1 Å². The summed E-state index contributed by atoms with van der Waals surface area (Å²) in [5.41, 5.74) is 5.12. The van der Waals surface area contributed by atoms with Gasteiger partial charge in [0.1, 0.15) is 18.8 Å². The smallest absolute Gasteiger partial charge is 0.416 e. The molecule has 8 aliphatic rings. The molecule has 5 aliphatic carbocycles. The summed E-state index contributed by atoms with van der Waals surface area (Å²) in [5, 5.41) is 10.1. The molecule has 61 heavy (non-hydrogen) atoms. The van der Waals surface area contributed by atoms with E-state index >= 15 is 9.59 Å². The van der Waals surface area contributed by atoms with E-state index in [1.807, 2.05) is 0 Å². The van der Waals surface area contributed by atoms with E-state index in [0.717, 1.165) is 109 Å². The van der Waals surface area contributed by atoms with Crippen molar-refractivity contribution in [3.8, 4) is 11.8 Å². The Labute approximate surface area is 363 Å². The summed E-state index contributed by atoms with van der Waals surface area (Å²) in [5.74, 6) is 4.19. The summed E-state index contributed by atoms with van der Waals surface area (Å²) in [6, 6.07) is -2.50. The predicted octanol–water partition coefficient (Wildman–Crippen LogP) is 5.77. The highest BCUT2D eigenvalue weighted by atomic mass is 16.6. The topological polar surface area (TPSA) is 167 Å². The van der Waals surface area contributed by atoms with Gasteiger partial charge < -0.3 is 34.5 Å². The number of primary amides is 1. The fourth-order valence-corrected chi connectivity index (χ4v) is 14.3. The Morgan fingerprint density at radius 1 is 0.803 bits per heavy atom. The van der Waals surface area contributed by atoms with Crippen LogP contribution in [-0.2, 0) is 38.1 Å². The minimum absolute atomic E-state index is 0.0286. The van der Waals surface area contributed by atoms with Gasteiger partial charge in [0.25, 0.3) is 0 Å². The minimum atomic E-state index is -1.55. The number of cyclic esters (lactones) is 1. The number of aliphatic hydroxyl groups excluding tert-OH is 1. The molecule has 0 bridgehead atoms. The number of amides is 3. The highest BCUT2D eigenvalue weighted by Crippen LogP contribution is 2.66. The maximum Gasteiger partial charge on any atom is 0.416 e. The van der Waals surface area contributed by atoms with E-state index in [1.54, 1.807) is 7.11 Å². The number of nitrogens with zero attached hydrogens (tertiary/aromatic N) is 2. The number of imide groups is 1. The number of aliphatic hydroxyl groups is 1. The van der Waals surface area contributed by atoms with Gasteiger partial charge in [-0.1, -0.05) is 63.2 Å². The van der Waals surface area contributed by atoms with Crippen molar-refractivity contribution in [3.05, 3.63) is 0 Å². The number of likely N-dealkylation sites (tertiary alicyclic amines) is 1. The normalized spacial score (nSPS) is 39.9. The Kier molecular flexibility index (Phi) is 14.7. The number of esters is 1. The molecule has 0 aromatic rings. The second kappa shape index (κ2) is 20.0. The van der Waals surface area contributed by atoms with Crippen LogP contribution in [0.4, 0.5) is 4.79 Å². The molecular weight excluding hydrogens is 779 g/mol. The third-order valence-electron chi connectivity index (χ3n) is 16.8. The van der Waals surface area contributed by atoms with Crippen LogP contribution in [0.5, 0.6) is 0 Å². The van der Waals surface area contributed by atoms with Crippen molar-refractivity contribution in [1.82, 2.24) is 9.80 Å². The van der Waals surface area contributed by atoms with Gasteiger partial charge >= 0.3 is 12.1 Å². The average Bonchev–Trinajstić information content (AvgIpc) is 3.74. The lowest BCUT2D eigenvalue weighted by Crippen LogP contribution is -2.66. The summed E-state index contributed by atoms with van der Waals surface area (Å²) in [6.45, 7) is 0.139. The summed E-state index contributed by atoms with van der Waals surface area (Å²) < 4.78 is 30.0. The molecule has 5 saturated carbocycles. The van der Waals surface area contributed by atoms with Crippen LogP contribution in [0.15, 0.2) is 0 Å². The quantitative estimate of drug-likeness (QED) is 0.147. The maximum atomic E-state index is 16.2. The summed E-state index contributed by atoms with van der Waals surface area (Å²) in [6.07, 6.45) is 18.2. The van der Waals surface area contributed by atoms with Crippen LogP contribution in [-0.4, -0.2) is 122 Å². The predicted molar refractivity (Wildman–Crippen MR) is 225 cm³/mol. The zero-order chi connectivity index (χ0) is 42.7. The van der Waals surface area contributed by atoms with Crippen molar-refractivity contribution in [3.63, 3.8) is 0 Å². The van der Waals surface area contributed by atoms with E-state index in [4.69, 9.17) is 29.4 Å². The molecule has 3 saturated heterocycles. The molecule has 13 nitrogen and oxygen atoms in total. The zero-order valence-electron chi connectivity index (χ0n) is 36.9. The molecule has 340 valence electrons. The van der Waals surface area contributed by atoms with Gasteiger partial charge in [-0.25, -0.2) is 9.69 Å². The Balaban J connectivity index is 1.30. The van der Waals surface area contributed by atoms with Crippen LogP contribution in [0.2, 0.25) is 0 Å². The van der Waals surface area contributed by atoms with E-state index in [2.05, 4.69) is 16.7 Å². The average molecular weight is 852 g/mol. The number of hydrogen-bond acceptors (Lipinski definition) is 11. The first-order valence-electron chi connectivity index (χ1n) is 24.3. The molecule has 8 fully saturated rings. The number of morpholine rings is 1.